The highest BCUT2D eigenvalue weighted by atomic mass is 16.1. The van der Waals surface area contributed by atoms with Crippen LogP contribution in [-0.4, -0.2) is 33.4 Å². The van der Waals surface area contributed by atoms with Crippen molar-refractivity contribution in [3.63, 3.8) is 0 Å². The van der Waals surface area contributed by atoms with Crippen molar-refractivity contribution in [1.29, 1.82) is 0 Å². The van der Waals surface area contributed by atoms with E-state index in [0.29, 0.717) is 18.2 Å². The number of nitrogens with one attached hydrogen (secondary N) is 2. The van der Waals surface area contributed by atoms with Crippen LogP contribution in [0.5, 0.6) is 0 Å². The Hall–Kier alpha value is -0.345. The van der Waals surface area contributed by atoms with Crippen molar-refractivity contribution < 1.29 is 4.79 Å². The Bertz CT molecular complexity index is 153. The zero-order chi connectivity index (χ0) is 10.8. The lowest BCUT2D eigenvalue weighted by molar-refractivity contribution is -0.117. The van der Waals surface area contributed by atoms with Gasteiger partial charge in [-0.15, -0.1) is 0 Å². The number of rotatable bonds is 9. The molecular weight excluding hydrogens is 175 g/mol. The van der Waals surface area contributed by atoms with Crippen molar-refractivity contribution in [3.8, 4) is 0 Å². The lowest BCUT2D eigenvalue weighted by Gasteiger charge is -2.14. The second kappa shape index (κ2) is 9.22. The first-order valence-corrected chi connectivity index (χ1v) is 5.52. The number of hydrogen-bond acceptors (Lipinski definition) is 3. The molecule has 0 saturated carbocycles. The molecule has 0 spiro atoms. The third-order valence-electron chi connectivity index (χ3n) is 2.48. The number of hydrogen-bond donors (Lipinski definition) is 2. The van der Waals surface area contributed by atoms with Crippen molar-refractivity contribution in [2.45, 2.75) is 45.1 Å². The van der Waals surface area contributed by atoms with Crippen molar-refractivity contribution in [2.24, 2.45) is 0 Å². The van der Waals surface area contributed by atoms with Crippen molar-refractivity contribution >= 4 is 13.8 Å². The summed E-state index contributed by atoms with van der Waals surface area (Å²) in [5, 5.41) is 6.40. The van der Waals surface area contributed by atoms with E-state index in [9.17, 15) is 4.79 Å². The summed E-state index contributed by atoms with van der Waals surface area (Å²) in [7, 11) is 3.95. The van der Waals surface area contributed by atoms with Crippen LogP contribution in [0, 0.1) is 0 Å². The van der Waals surface area contributed by atoms with Crippen LogP contribution in [0.15, 0.2) is 0 Å². The molecule has 0 amide bonds. The topological polar surface area (TPSA) is 41.1 Å². The van der Waals surface area contributed by atoms with Gasteiger partial charge < -0.3 is 15.3 Å². The number of carbonyl (C=O) groups is 1. The molecule has 0 aliphatic rings. The average molecular weight is 198 g/mol. The van der Waals surface area contributed by atoms with E-state index in [1.54, 1.807) is 6.92 Å². The molecule has 4 heteroatoms. The molecule has 0 bridgehead atoms. The van der Waals surface area contributed by atoms with Gasteiger partial charge in [0.1, 0.15) is 5.78 Å². The molecule has 0 aromatic heterocycles. The molecule has 0 rings (SSSR count). The van der Waals surface area contributed by atoms with Gasteiger partial charge in [0.2, 0.25) is 0 Å². The van der Waals surface area contributed by atoms with Crippen LogP contribution in [0.3, 0.4) is 0 Å². The molecule has 0 aliphatic heterocycles. The summed E-state index contributed by atoms with van der Waals surface area (Å²) in [5.74, 6) is 0.292. The number of ketones is 1. The summed E-state index contributed by atoms with van der Waals surface area (Å²) in [4.78, 5) is 10.8. The smallest absolute Gasteiger partial charge is 0.181 e. The minimum absolute atomic E-state index is 0.292. The zero-order valence-corrected chi connectivity index (χ0v) is 9.73. The average Bonchev–Trinajstić information content (AvgIpc) is 2.16. The minimum atomic E-state index is 0.292. The summed E-state index contributed by atoms with van der Waals surface area (Å²) in [6, 6.07) is 0.510. The SMILES string of the molecule is BNCCCC[C@@H](CCC(C)=O)NC. The number of unbranched alkanes of at least 4 members (excludes halogenated alkanes) is 1. The molecule has 0 unspecified atom stereocenters. The fourth-order valence-electron chi connectivity index (χ4n) is 1.50. The normalized spacial score (nSPS) is 12.7. The first-order chi connectivity index (χ1) is 6.70. The molecule has 0 aliphatic carbocycles. The Morgan fingerprint density at radius 2 is 2.07 bits per heavy atom. The Balaban J connectivity index is 3.42. The standard InChI is InChI=1S/C10H23BN2O/c1-9(14)6-7-10(12-2)5-3-4-8-13-11/h10,12-13H,3-8,11H2,1-2H3/t10-/m0/s1. The van der Waals surface area contributed by atoms with E-state index in [1.807, 2.05) is 15.0 Å². The summed E-state index contributed by atoms with van der Waals surface area (Å²) < 4.78 is 0. The van der Waals surface area contributed by atoms with Crippen molar-refractivity contribution in [3.05, 3.63) is 0 Å². The largest absolute Gasteiger partial charge is 0.362 e. The second-order valence-corrected chi connectivity index (χ2v) is 3.83. The molecule has 0 heterocycles. The minimum Gasteiger partial charge on any atom is -0.362 e. The lowest BCUT2D eigenvalue weighted by atomic mass is 10.0. The summed E-state index contributed by atoms with van der Waals surface area (Å²) in [6.45, 7) is 2.75. The van der Waals surface area contributed by atoms with E-state index in [1.165, 1.54) is 19.3 Å². The van der Waals surface area contributed by atoms with Crippen LogP contribution >= 0.6 is 0 Å². The second-order valence-electron chi connectivity index (χ2n) is 3.83. The highest BCUT2D eigenvalue weighted by Crippen LogP contribution is 2.06. The third-order valence-corrected chi connectivity index (χ3v) is 2.48. The van der Waals surface area contributed by atoms with Crippen molar-refractivity contribution in [2.75, 3.05) is 13.6 Å². The molecule has 3 nitrogen and oxygen atoms in total. The van der Waals surface area contributed by atoms with Crippen LogP contribution in [0.4, 0.5) is 0 Å². The summed E-state index contributed by atoms with van der Waals surface area (Å²) in [6.07, 6.45) is 5.30. The van der Waals surface area contributed by atoms with Crippen LogP contribution in [-0.2, 0) is 4.79 Å². The van der Waals surface area contributed by atoms with Gasteiger partial charge in [-0.2, -0.15) is 0 Å². The Labute approximate surface area is 88.5 Å². The fraction of sp³-hybridized carbons (Fsp3) is 0.900. The first kappa shape index (κ1) is 13.7. The lowest BCUT2D eigenvalue weighted by Crippen LogP contribution is -2.26. The van der Waals surface area contributed by atoms with Gasteiger partial charge in [-0.1, -0.05) is 6.42 Å². The third kappa shape index (κ3) is 8.26. The first-order valence-electron chi connectivity index (χ1n) is 5.52. The number of carbonyl (C=O) groups excluding carboxylic acids is 1. The summed E-state index contributed by atoms with van der Waals surface area (Å²) >= 11 is 0. The van der Waals surface area contributed by atoms with Crippen LogP contribution in [0.1, 0.15) is 39.0 Å². The predicted octanol–water partition coefficient (Wildman–Crippen LogP) is 0.252. The van der Waals surface area contributed by atoms with Gasteiger partial charge in [0.25, 0.3) is 0 Å². The molecule has 1 atom stereocenters. The molecule has 0 radical (unpaired) electrons. The molecular formula is C10H23BN2O. The Morgan fingerprint density at radius 3 is 2.57 bits per heavy atom. The number of Topliss-reactive ketones (excluding diaryl/α,β-unsaturated/α-hetero) is 1. The predicted molar refractivity (Wildman–Crippen MR) is 63.2 cm³/mol. The van der Waals surface area contributed by atoms with Gasteiger partial charge in [-0.05, 0) is 39.8 Å². The summed E-state index contributed by atoms with van der Waals surface area (Å²) in [5.41, 5.74) is 0. The van der Waals surface area contributed by atoms with Gasteiger partial charge >= 0.3 is 0 Å². The van der Waals surface area contributed by atoms with E-state index >= 15 is 0 Å². The van der Waals surface area contributed by atoms with E-state index in [4.69, 9.17) is 0 Å². The molecule has 2 N–H and O–H groups in total. The molecule has 0 saturated heterocycles. The van der Waals surface area contributed by atoms with Crippen LogP contribution in [0.25, 0.3) is 0 Å². The van der Waals surface area contributed by atoms with Gasteiger partial charge in [0.05, 0.1) is 0 Å². The fourth-order valence-corrected chi connectivity index (χ4v) is 1.50. The van der Waals surface area contributed by atoms with Crippen LogP contribution < -0.4 is 10.5 Å². The maximum Gasteiger partial charge on any atom is 0.181 e. The Kier molecular flexibility index (Phi) is 8.99. The van der Waals surface area contributed by atoms with Crippen molar-refractivity contribution in [1.82, 2.24) is 10.5 Å². The Morgan fingerprint density at radius 1 is 1.36 bits per heavy atom. The maximum atomic E-state index is 10.8. The quantitative estimate of drug-likeness (QED) is 0.412. The highest BCUT2D eigenvalue weighted by molar-refractivity contribution is 6.04. The molecule has 0 fully saturated rings. The van der Waals surface area contributed by atoms with E-state index < -0.39 is 0 Å². The van der Waals surface area contributed by atoms with Gasteiger partial charge in [-0.3, -0.25) is 0 Å². The maximum absolute atomic E-state index is 10.8. The van der Waals surface area contributed by atoms with Gasteiger partial charge in [-0.25, -0.2) is 0 Å². The molecule has 14 heavy (non-hydrogen) atoms. The zero-order valence-electron chi connectivity index (χ0n) is 9.73. The van der Waals surface area contributed by atoms with Crippen LogP contribution in [0.2, 0.25) is 0 Å². The van der Waals surface area contributed by atoms with E-state index in [-0.39, 0.29) is 0 Å². The monoisotopic (exact) mass is 198 g/mol. The molecule has 82 valence electrons. The van der Waals surface area contributed by atoms with E-state index in [2.05, 4.69) is 10.5 Å². The molecule has 0 aromatic rings. The van der Waals surface area contributed by atoms with E-state index in [0.717, 1.165) is 13.0 Å². The molecule has 0 aromatic carbocycles. The van der Waals surface area contributed by atoms with Gasteiger partial charge in [0.15, 0.2) is 7.98 Å². The highest BCUT2D eigenvalue weighted by Gasteiger charge is 2.06. The van der Waals surface area contributed by atoms with Gasteiger partial charge in [0, 0.05) is 12.5 Å².